The Balaban J connectivity index is 1.35. The molecule has 0 radical (unpaired) electrons. The molecule has 0 saturated carbocycles. The van der Waals surface area contributed by atoms with Crippen LogP contribution in [0.2, 0.25) is 0 Å². The molecule has 1 fully saturated rings. The number of methoxy groups -OCH3 is 2. The topological polar surface area (TPSA) is 118 Å². The first-order valence-electron chi connectivity index (χ1n) is 14.5. The molecule has 3 aromatic carbocycles. The summed E-state index contributed by atoms with van der Waals surface area (Å²) in [4.78, 5) is 59.4. The Hall–Kier alpha value is -5.49. The lowest BCUT2D eigenvalue weighted by atomic mass is 9.98. The molecular formula is C33H32N6O6. The Labute approximate surface area is 260 Å². The van der Waals surface area contributed by atoms with Gasteiger partial charge in [-0.1, -0.05) is 36.4 Å². The highest BCUT2D eigenvalue weighted by Crippen LogP contribution is 2.37. The number of carbonyl (C=O) groups excluding carboxylic acids is 3. The van der Waals surface area contributed by atoms with Crippen molar-refractivity contribution in [2.24, 2.45) is 5.92 Å². The number of ether oxygens (including phenoxy) is 2. The summed E-state index contributed by atoms with van der Waals surface area (Å²) >= 11 is 0. The van der Waals surface area contributed by atoms with E-state index in [4.69, 9.17) is 19.3 Å². The Morgan fingerprint density at radius 3 is 2.18 bits per heavy atom. The molecule has 12 nitrogen and oxygen atoms in total. The molecule has 4 aromatic rings. The number of hydrogen-bond donors (Lipinski definition) is 0. The van der Waals surface area contributed by atoms with E-state index in [-0.39, 0.29) is 30.4 Å². The fourth-order valence-electron chi connectivity index (χ4n) is 5.40. The number of urea groups is 1. The van der Waals surface area contributed by atoms with Gasteiger partial charge in [-0.25, -0.2) is 24.4 Å². The van der Waals surface area contributed by atoms with Gasteiger partial charge in [0.2, 0.25) is 5.95 Å². The van der Waals surface area contributed by atoms with Gasteiger partial charge in [0.25, 0.3) is 0 Å². The average molecular weight is 609 g/mol. The molecule has 3 heterocycles. The summed E-state index contributed by atoms with van der Waals surface area (Å²) in [5, 5.41) is 1.53. The highest BCUT2D eigenvalue weighted by molar-refractivity contribution is 6.10. The van der Waals surface area contributed by atoms with Gasteiger partial charge in [-0.2, -0.15) is 4.98 Å². The summed E-state index contributed by atoms with van der Waals surface area (Å²) < 4.78 is 10.2. The minimum absolute atomic E-state index is 0.0426. The SMILES string of the molecule is COC(=O)C1CCN(OC(=O)N(c2ccccc2)c2ncc3c(n2)N(c2ccccc2)C(=O)N(c2ccc(OC)cc2)C3)CC1. The zero-order valence-corrected chi connectivity index (χ0v) is 24.9. The minimum atomic E-state index is -0.717. The Kier molecular flexibility index (Phi) is 8.56. The molecule has 1 aromatic heterocycles. The highest BCUT2D eigenvalue weighted by Gasteiger charge is 2.36. The van der Waals surface area contributed by atoms with Crippen LogP contribution in [0.15, 0.2) is 91.1 Å². The van der Waals surface area contributed by atoms with Crippen LogP contribution in [0.5, 0.6) is 5.75 Å². The molecule has 0 N–H and O–H groups in total. The molecule has 2 aliphatic rings. The number of nitrogens with zero attached hydrogens (tertiary/aromatic N) is 6. The van der Waals surface area contributed by atoms with Gasteiger partial charge in [0.15, 0.2) is 5.82 Å². The Bertz CT molecular complexity index is 1660. The standard InChI is InChI=1S/C33H32N6O6/c1-43-28-15-13-25(14-16-28)37-22-24-21-34-31(35-29(24)38(32(37)41)26-9-5-3-6-10-26)39(27-11-7-4-8-12-27)33(42)45-36-19-17-23(18-20-36)30(40)44-2/h3-16,21,23H,17-20,22H2,1-2H3. The van der Waals surface area contributed by atoms with Crippen LogP contribution in [0, 0.1) is 5.92 Å². The highest BCUT2D eigenvalue weighted by atomic mass is 16.7. The van der Waals surface area contributed by atoms with Gasteiger partial charge < -0.3 is 14.3 Å². The van der Waals surface area contributed by atoms with Crippen LogP contribution in [0.4, 0.5) is 38.4 Å². The number of piperidine rings is 1. The smallest absolute Gasteiger partial charge is 0.440 e. The van der Waals surface area contributed by atoms with Crippen LogP contribution in [0.25, 0.3) is 0 Å². The van der Waals surface area contributed by atoms with Crippen LogP contribution in [0.3, 0.4) is 0 Å². The number of hydrogen-bond acceptors (Lipinski definition) is 9. The van der Waals surface area contributed by atoms with Gasteiger partial charge in [0.1, 0.15) is 5.75 Å². The molecule has 230 valence electrons. The maximum atomic E-state index is 14.1. The number of amides is 3. The molecule has 3 amide bonds. The van der Waals surface area contributed by atoms with E-state index >= 15 is 0 Å². The first-order chi connectivity index (χ1) is 22.0. The zero-order chi connectivity index (χ0) is 31.3. The number of para-hydroxylation sites is 2. The molecule has 0 bridgehead atoms. The molecular weight excluding hydrogens is 576 g/mol. The predicted octanol–water partition coefficient (Wildman–Crippen LogP) is 5.84. The van der Waals surface area contributed by atoms with Crippen molar-refractivity contribution in [2.45, 2.75) is 19.4 Å². The lowest BCUT2D eigenvalue weighted by Gasteiger charge is -2.36. The number of rotatable bonds is 7. The second-order valence-electron chi connectivity index (χ2n) is 10.5. The molecule has 0 unspecified atom stereocenters. The average Bonchev–Trinajstić information content (AvgIpc) is 3.09. The zero-order valence-electron chi connectivity index (χ0n) is 24.9. The van der Waals surface area contributed by atoms with Crippen molar-refractivity contribution in [3.63, 3.8) is 0 Å². The lowest BCUT2D eigenvalue weighted by Crippen LogP contribution is -2.46. The van der Waals surface area contributed by atoms with Gasteiger partial charge in [0, 0.05) is 30.5 Å². The number of hydroxylamine groups is 2. The Morgan fingerprint density at radius 2 is 1.53 bits per heavy atom. The van der Waals surface area contributed by atoms with Gasteiger partial charge in [0.05, 0.1) is 38.1 Å². The lowest BCUT2D eigenvalue weighted by molar-refractivity contribution is -0.154. The van der Waals surface area contributed by atoms with Gasteiger partial charge in [-0.05, 0) is 61.4 Å². The molecule has 1 saturated heterocycles. The fraction of sp³-hybridized carbons (Fsp3) is 0.242. The van der Waals surface area contributed by atoms with Crippen LogP contribution >= 0.6 is 0 Å². The van der Waals surface area contributed by atoms with Crippen molar-refractivity contribution in [1.29, 1.82) is 0 Å². The summed E-state index contributed by atoms with van der Waals surface area (Å²) in [5.74, 6) is 0.572. The third kappa shape index (κ3) is 6.13. The maximum absolute atomic E-state index is 14.1. The summed E-state index contributed by atoms with van der Waals surface area (Å²) in [6.07, 6.45) is 1.91. The number of carbonyl (C=O) groups is 3. The van der Waals surface area contributed by atoms with E-state index in [1.165, 1.54) is 22.0 Å². The normalized spacial score (nSPS) is 15.3. The van der Waals surface area contributed by atoms with Crippen LogP contribution < -0.4 is 19.4 Å². The van der Waals surface area contributed by atoms with Gasteiger partial charge in [-0.3, -0.25) is 9.69 Å². The van der Waals surface area contributed by atoms with Crippen molar-refractivity contribution in [3.8, 4) is 5.75 Å². The predicted molar refractivity (Wildman–Crippen MR) is 167 cm³/mol. The molecule has 45 heavy (non-hydrogen) atoms. The number of esters is 1. The van der Waals surface area contributed by atoms with Gasteiger partial charge >= 0.3 is 18.1 Å². The van der Waals surface area contributed by atoms with E-state index in [9.17, 15) is 14.4 Å². The maximum Gasteiger partial charge on any atom is 0.440 e. The number of benzene rings is 3. The Morgan fingerprint density at radius 1 is 0.867 bits per heavy atom. The second-order valence-corrected chi connectivity index (χ2v) is 10.5. The van der Waals surface area contributed by atoms with Gasteiger partial charge in [-0.15, -0.1) is 5.06 Å². The van der Waals surface area contributed by atoms with Crippen molar-refractivity contribution in [1.82, 2.24) is 15.0 Å². The third-order valence-corrected chi connectivity index (χ3v) is 7.78. The quantitative estimate of drug-likeness (QED) is 0.239. The monoisotopic (exact) mass is 608 g/mol. The largest absolute Gasteiger partial charge is 0.497 e. The van der Waals surface area contributed by atoms with Crippen molar-refractivity contribution < 1.29 is 28.7 Å². The van der Waals surface area contributed by atoms with Crippen molar-refractivity contribution >= 4 is 46.9 Å². The van der Waals surface area contributed by atoms with E-state index in [1.807, 2.05) is 48.5 Å². The van der Waals surface area contributed by atoms with Crippen LogP contribution in [0.1, 0.15) is 18.4 Å². The van der Waals surface area contributed by atoms with E-state index in [0.717, 1.165) is 0 Å². The first kappa shape index (κ1) is 29.6. The fourth-order valence-corrected chi connectivity index (χ4v) is 5.40. The summed E-state index contributed by atoms with van der Waals surface area (Å²) in [6, 6.07) is 25.0. The summed E-state index contributed by atoms with van der Waals surface area (Å²) in [6.45, 7) is 0.961. The van der Waals surface area contributed by atoms with Crippen molar-refractivity contribution in [3.05, 3.63) is 96.7 Å². The minimum Gasteiger partial charge on any atom is -0.497 e. The van der Waals surface area contributed by atoms with Crippen molar-refractivity contribution in [2.75, 3.05) is 42.0 Å². The van der Waals surface area contributed by atoms with E-state index in [2.05, 4.69) is 4.98 Å². The summed E-state index contributed by atoms with van der Waals surface area (Å²) in [7, 11) is 2.96. The third-order valence-electron chi connectivity index (χ3n) is 7.78. The number of aromatic nitrogens is 2. The van der Waals surface area contributed by atoms with Crippen LogP contribution in [-0.4, -0.2) is 60.4 Å². The second kappa shape index (κ2) is 13.0. The first-order valence-corrected chi connectivity index (χ1v) is 14.5. The molecule has 0 aliphatic carbocycles. The molecule has 2 aliphatic heterocycles. The number of anilines is 5. The summed E-state index contributed by atoms with van der Waals surface area (Å²) in [5.41, 5.74) is 2.46. The number of fused-ring (bicyclic) bond motifs is 1. The van der Waals surface area contributed by atoms with E-state index in [1.54, 1.807) is 54.6 Å². The molecule has 0 spiro atoms. The van der Waals surface area contributed by atoms with E-state index in [0.29, 0.717) is 60.1 Å². The molecule has 6 rings (SSSR count). The van der Waals surface area contributed by atoms with E-state index < -0.39 is 6.09 Å². The molecule has 12 heteroatoms. The van der Waals surface area contributed by atoms with Crippen LogP contribution in [-0.2, 0) is 20.9 Å². The molecule has 0 atom stereocenters.